The molecule has 0 saturated heterocycles. The molecule has 7 heteroatoms. The number of hydrogen-bond acceptors (Lipinski definition) is 4. The topological polar surface area (TPSA) is 101 Å². The number of nitrogen functional groups attached to an aromatic ring is 1. The van der Waals surface area contributed by atoms with Gasteiger partial charge in [-0.1, -0.05) is 70.2 Å². The number of carbonyl (C=O) groups is 1. The zero-order valence-electron chi connectivity index (χ0n) is 19.0. The molecule has 3 N–H and O–H groups in total. The van der Waals surface area contributed by atoms with Gasteiger partial charge in [-0.05, 0) is 35.1 Å². The van der Waals surface area contributed by atoms with E-state index < -0.39 is 11.2 Å². The number of rotatable bonds is 7. The Labute approximate surface area is 187 Å². The molecule has 3 aromatic rings. The molecule has 1 amide bonds. The van der Waals surface area contributed by atoms with E-state index in [1.54, 1.807) is 12.1 Å². The molecule has 0 radical (unpaired) electrons. The summed E-state index contributed by atoms with van der Waals surface area (Å²) in [7, 11) is 0. The van der Waals surface area contributed by atoms with E-state index in [4.69, 9.17) is 5.73 Å². The molecule has 32 heavy (non-hydrogen) atoms. The predicted molar refractivity (Wildman–Crippen MR) is 129 cm³/mol. The molecular weight excluding hydrogens is 404 g/mol. The first-order valence-electron chi connectivity index (χ1n) is 10.8. The molecule has 2 aromatic carbocycles. The van der Waals surface area contributed by atoms with E-state index in [1.165, 1.54) is 9.47 Å². The number of anilines is 2. The SMILES string of the molecule is CC(C)CN(C(=O)c1ccc(-c2ccccc2)cc1)c1c(N)n(CC(C)C)c(=O)[nH]c1=O. The Morgan fingerprint density at radius 3 is 2.09 bits per heavy atom. The zero-order valence-corrected chi connectivity index (χ0v) is 19.0. The van der Waals surface area contributed by atoms with Gasteiger partial charge in [0.15, 0.2) is 5.69 Å². The number of benzene rings is 2. The largest absolute Gasteiger partial charge is 0.383 e. The monoisotopic (exact) mass is 434 g/mol. The van der Waals surface area contributed by atoms with Gasteiger partial charge in [0.1, 0.15) is 5.82 Å². The third-order valence-electron chi connectivity index (χ3n) is 5.06. The van der Waals surface area contributed by atoms with Crippen LogP contribution in [0.2, 0.25) is 0 Å². The molecule has 0 atom stereocenters. The van der Waals surface area contributed by atoms with Gasteiger partial charge < -0.3 is 10.6 Å². The molecule has 0 saturated carbocycles. The second kappa shape index (κ2) is 9.68. The highest BCUT2D eigenvalue weighted by molar-refractivity contribution is 6.07. The van der Waals surface area contributed by atoms with Crippen LogP contribution in [0.5, 0.6) is 0 Å². The molecule has 0 bridgehead atoms. The first-order chi connectivity index (χ1) is 15.2. The number of hydrogen-bond donors (Lipinski definition) is 2. The number of nitrogens with one attached hydrogen (secondary N) is 1. The normalized spacial score (nSPS) is 11.2. The molecular formula is C25H30N4O3. The van der Waals surface area contributed by atoms with Crippen molar-refractivity contribution in [2.24, 2.45) is 11.8 Å². The summed E-state index contributed by atoms with van der Waals surface area (Å²) in [6.07, 6.45) is 0. The number of H-pyrrole nitrogens is 1. The molecule has 0 unspecified atom stereocenters. The van der Waals surface area contributed by atoms with E-state index in [-0.39, 0.29) is 35.8 Å². The standard InChI is InChI=1S/C25H30N4O3/c1-16(2)14-28(21-22(26)29(15-17(3)4)25(32)27-23(21)30)24(31)20-12-10-19(11-13-20)18-8-6-5-7-9-18/h5-13,16-17H,14-15,26H2,1-4H3,(H,27,30,32). The Morgan fingerprint density at radius 2 is 1.53 bits per heavy atom. The number of aromatic amines is 1. The van der Waals surface area contributed by atoms with Crippen LogP contribution in [0.15, 0.2) is 64.2 Å². The summed E-state index contributed by atoms with van der Waals surface area (Å²) in [4.78, 5) is 42.3. The lowest BCUT2D eigenvalue weighted by molar-refractivity contribution is 0.0983. The van der Waals surface area contributed by atoms with Gasteiger partial charge in [-0.15, -0.1) is 0 Å². The minimum absolute atomic E-state index is 0.00218. The highest BCUT2D eigenvalue weighted by Gasteiger charge is 2.26. The van der Waals surface area contributed by atoms with Crippen molar-refractivity contribution in [3.05, 3.63) is 81.0 Å². The first kappa shape index (κ1) is 23.1. The maximum atomic E-state index is 13.5. The fourth-order valence-corrected chi connectivity index (χ4v) is 3.62. The molecule has 0 aliphatic rings. The minimum Gasteiger partial charge on any atom is -0.383 e. The van der Waals surface area contributed by atoms with Crippen LogP contribution in [0.3, 0.4) is 0 Å². The fraction of sp³-hybridized carbons (Fsp3) is 0.320. The van der Waals surface area contributed by atoms with Crippen molar-refractivity contribution in [2.75, 3.05) is 17.2 Å². The zero-order chi connectivity index (χ0) is 23.4. The van der Waals surface area contributed by atoms with Gasteiger partial charge in [0.25, 0.3) is 11.5 Å². The van der Waals surface area contributed by atoms with Crippen molar-refractivity contribution in [3.63, 3.8) is 0 Å². The summed E-state index contributed by atoms with van der Waals surface area (Å²) in [5.41, 5.74) is 7.52. The van der Waals surface area contributed by atoms with E-state index in [2.05, 4.69) is 4.98 Å². The van der Waals surface area contributed by atoms with Crippen LogP contribution in [-0.2, 0) is 6.54 Å². The minimum atomic E-state index is -0.664. The second-order valence-electron chi connectivity index (χ2n) is 8.75. The highest BCUT2D eigenvalue weighted by Crippen LogP contribution is 2.24. The van der Waals surface area contributed by atoms with Crippen molar-refractivity contribution in [3.8, 4) is 11.1 Å². The van der Waals surface area contributed by atoms with E-state index >= 15 is 0 Å². The van der Waals surface area contributed by atoms with Crippen LogP contribution in [0, 0.1) is 11.8 Å². The Balaban J connectivity index is 2.05. The van der Waals surface area contributed by atoms with Crippen LogP contribution >= 0.6 is 0 Å². The summed E-state index contributed by atoms with van der Waals surface area (Å²) in [6, 6.07) is 17.1. The van der Waals surface area contributed by atoms with Gasteiger partial charge in [0.2, 0.25) is 0 Å². The van der Waals surface area contributed by atoms with Crippen LogP contribution in [0.1, 0.15) is 38.1 Å². The summed E-state index contributed by atoms with van der Waals surface area (Å²) < 4.78 is 1.32. The third-order valence-corrected chi connectivity index (χ3v) is 5.06. The number of aromatic nitrogens is 2. The number of amides is 1. The van der Waals surface area contributed by atoms with Crippen LogP contribution in [0.4, 0.5) is 11.5 Å². The van der Waals surface area contributed by atoms with Crippen molar-refractivity contribution in [2.45, 2.75) is 34.2 Å². The Bertz CT molecular complexity index is 1190. The van der Waals surface area contributed by atoms with Gasteiger partial charge in [-0.3, -0.25) is 19.1 Å². The smallest absolute Gasteiger partial charge is 0.330 e. The molecule has 1 aromatic heterocycles. The second-order valence-corrected chi connectivity index (χ2v) is 8.75. The van der Waals surface area contributed by atoms with Gasteiger partial charge in [0, 0.05) is 18.7 Å². The quantitative estimate of drug-likeness (QED) is 0.591. The molecule has 168 valence electrons. The molecule has 0 spiro atoms. The average molecular weight is 435 g/mol. The Hall–Kier alpha value is -3.61. The highest BCUT2D eigenvalue weighted by atomic mass is 16.2. The van der Waals surface area contributed by atoms with Crippen molar-refractivity contribution < 1.29 is 4.79 Å². The van der Waals surface area contributed by atoms with Gasteiger partial charge >= 0.3 is 5.69 Å². The Morgan fingerprint density at radius 1 is 0.938 bits per heavy atom. The van der Waals surface area contributed by atoms with E-state index in [1.807, 2.05) is 70.2 Å². The summed E-state index contributed by atoms with van der Waals surface area (Å²) in [5, 5.41) is 0. The molecule has 3 rings (SSSR count). The lowest BCUT2D eigenvalue weighted by Crippen LogP contribution is -2.43. The lowest BCUT2D eigenvalue weighted by Gasteiger charge is -2.26. The molecule has 7 nitrogen and oxygen atoms in total. The maximum Gasteiger partial charge on any atom is 0.330 e. The Kier molecular flexibility index (Phi) is 6.98. The number of nitrogens with zero attached hydrogens (tertiary/aromatic N) is 2. The lowest BCUT2D eigenvalue weighted by atomic mass is 10.0. The van der Waals surface area contributed by atoms with Gasteiger partial charge in [0.05, 0.1) is 0 Å². The average Bonchev–Trinajstić information content (AvgIpc) is 2.75. The number of nitrogens with two attached hydrogens (primary N) is 1. The summed E-state index contributed by atoms with van der Waals surface area (Å²) in [5.74, 6) is -0.132. The molecule has 0 fully saturated rings. The van der Waals surface area contributed by atoms with Crippen LogP contribution in [-0.4, -0.2) is 22.0 Å². The van der Waals surface area contributed by atoms with E-state index in [0.717, 1.165) is 11.1 Å². The van der Waals surface area contributed by atoms with Crippen molar-refractivity contribution >= 4 is 17.4 Å². The van der Waals surface area contributed by atoms with Crippen molar-refractivity contribution in [1.82, 2.24) is 9.55 Å². The maximum absolute atomic E-state index is 13.5. The number of carbonyl (C=O) groups excluding carboxylic acids is 1. The van der Waals surface area contributed by atoms with E-state index in [9.17, 15) is 14.4 Å². The first-order valence-corrected chi connectivity index (χ1v) is 10.8. The molecule has 0 aliphatic heterocycles. The van der Waals surface area contributed by atoms with Crippen molar-refractivity contribution in [1.29, 1.82) is 0 Å². The van der Waals surface area contributed by atoms with Gasteiger partial charge in [-0.2, -0.15) is 0 Å². The summed E-state index contributed by atoms with van der Waals surface area (Å²) in [6.45, 7) is 8.42. The van der Waals surface area contributed by atoms with Crippen LogP contribution < -0.4 is 21.9 Å². The molecule has 1 heterocycles. The third kappa shape index (κ3) is 4.99. The van der Waals surface area contributed by atoms with E-state index in [0.29, 0.717) is 12.1 Å². The molecule has 0 aliphatic carbocycles. The van der Waals surface area contributed by atoms with Gasteiger partial charge in [-0.25, -0.2) is 4.79 Å². The van der Waals surface area contributed by atoms with Crippen LogP contribution in [0.25, 0.3) is 11.1 Å². The summed E-state index contributed by atoms with van der Waals surface area (Å²) >= 11 is 0. The predicted octanol–water partition coefficient (Wildman–Crippen LogP) is 3.74. The fourth-order valence-electron chi connectivity index (χ4n) is 3.62.